The summed E-state index contributed by atoms with van der Waals surface area (Å²) in [5.41, 5.74) is 0. The van der Waals surface area contributed by atoms with Crippen LogP contribution in [0.25, 0.3) is 0 Å². The lowest BCUT2D eigenvalue weighted by Crippen LogP contribution is -2.34. The molecule has 0 radical (unpaired) electrons. The number of halogens is 4. The second kappa shape index (κ2) is 9.13. The molecule has 7 heteroatoms. The van der Waals surface area contributed by atoms with Crippen LogP contribution >= 0.6 is 0 Å². The average Bonchev–Trinajstić information content (AvgIpc) is 2.61. The Kier molecular flexibility index (Phi) is 7.15. The first kappa shape index (κ1) is 20.4. The summed E-state index contributed by atoms with van der Waals surface area (Å²) in [4.78, 5) is 0. The van der Waals surface area contributed by atoms with Gasteiger partial charge in [-0.05, 0) is 51.7 Å². The fraction of sp³-hybridized carbons (Fsp3) is 0.579. The van der Waals surface area contributed by atoms with Crippen LogP contribution in [0.2, 0.25) is 0 Å². The van der Waals surface area contributed by atoms with Gasteiger partial charge in [0.25, 0.3) is 0 Å². The molecule has 1 fully saturated rings. The van der Waals surface area contributed by atoms with E-state index in [2.05, 4.69) is 16.6 Å². The highest BCUT2D eigenvalue weighted by molar-refractivity contribution is 5.35. The highest BCUT2D eigenvalue weighted by Crippen LogP contribution is 2.32. The molecule has 144 valence electrons. The van der Waals surface area contributed by atoms with Crippen LogP contribution in [0.1, 0.15) is 39.5 Å². The molecule has 1 aromatic rings. The monoisotopic (exact) mass is 374 g/mol. The van der Waals surface area contributed by atoms with E-state index in [-0.39, 0.29) is 24.4 Å². The number of benzene rings is 1. The van der Waals surface area contributed by atoms with Gasteiger partial charge in [-0.1, -0.05) is 0 Å². The van der Waals surface area contributed by atoms with Gasteiger partial charge in [0, 0.05) is 5.92 Å². The third-order valence-electron chi connectivity index (χ3n) is 4.08. The molecule has 0 aromatic heterocycles. The van der Waals surface area contributed by atoms with Crippen molar-refractivity contribution in [3.63, 3.8) is 0 Å². The van der Waals surface area contributed by atoms with Crippen LogP contribution in [0.4, 0.5) is 17.6 Å². The first-order valence-electron chi connectivity index (χ1n) is 8.57. The zero-order chi connectivity index (χ0) is 19.2. The van der Waals surface area contributed by atoms with Gasteiger partial charge >= 0.3 is 6.11 Å². The van der Waals surface area contributed by atoms with Gasteiger partial charge in [-0.15, -0.1) is 11.8 Å². The van der Waals surface area contributed by atoms with Crippen LogP contribution in [0.15, 0.2) is 12.1 Å². The standard InChI is InChI=1S/C19H22F4O3/c1-3-5-13-6-8-14(9-7-13)25-12-19(22,23)26-16-11-10-15(24-4-2)17(20)18(16)21/h10-11,13-14H,4,6-9,12H2,1-2H3. The van der Waals surface area contributed by atoms with Gasteiger partial charge in [-0.25, -0.2) is 0 Å². The van der Waals surface area contributed by atoms with Crippen LogP contribution in [-0.4, -0.2) is 25.4 Å². The maximum absolute atomic E-state index is 13.9. The first-order valence-corrected chi connectivity index (χ1v) is 8.57. The van der Waals surface area contributed by atoms with Crippen LogP contribution in [0.5, 0.6) is 11.5 Å². The highest BCUT2D eigenvalue weighted by atomic mass is 19.3. The number of alkyl halides is 2. The number of hydrogen-bond donors (Lipinski definition) is 0. The SMILES string of the molecule is CC#CC1CCC(OCC(F)(F)Oc2ccc(OCC)c(F)c2F)CC1. The topological polar surface area (TPSA) is 27.7 Å². The maximum atomic E-state index is 13.9. The van der Waals surface area contributed by atoms with Gasteiger partial charge in [0.2, 0.25) is 11.6 Å². The summed E-state index contributed by atoms with van der Waals surface area (Å²) in [7, 11) is 0. The molecule has 0 unspecified atom stereocenters. The van der Waals surface area contributed by atoms with Gasteiger partial charge in [0.1, 0.15) is 0 Å². The fourth-order valence-electron chi connectivity index (χ4n) is 2.84. The molecule has 0 aliphatic heterocycles. The van der Waals surface area contributed by atoms with E-state index in [0.29, 0.717) is 12.8 Å². The summed E-state index contributed by atoms with van der Waals surface area (Å²) >= 11 is 0. The zero-order valence-corrected chi connectivity index (χ0v) is 14.8. The lowest BCUT2D eigenvalue weighted by atomic mass is 9.88. The molecule has 1 aromatic carbocycles. The Hall–Kier alpha value is -1.94. The van der Waals surface area contributed by atoms with E-state index in [0.717, 1.165) is 25.0 Å². The lowest BCUT2D eigenvalue weighted by Gasteiger charge is -2.27. The Balaban J connectivity index is 1.90. The predicted molar refractivity (Wildman–Crippen MR) is 88.3 cm³/mol. The van der Waals surface area contributed by atoms with Gasteiger partial charge in [0.05, 0.1) is 12.7 Å². The predicted octanol–water partition coefficient (Wildman–Crippen LogP) is 4.93. The van der Waals surface area contributed by atoms with Gasteiger partial charge in [-0.2, -0.15) is 17.6 Å². The average molecular weight is 374 g/mol. The summed E-state index contributed by atoms with van der Waals surface area (Å²) in [5, 5.41) is 0. The molecule has 3 nitrogen and oxygen atoms in total. The number of rotatable bonds is 7. The molecule has 0 saturated heterocycles. The largest absolute Gasteiger partial charge is 0.491 e. The molecule has 1 aliphatic carbocycles. The van der Waals surface area contributed by atoms with E-state index in [4.69, 9.17) is 9.47 Å². The third-order valence-corrected chi connectivity index (χ3v) is 4.08. The Morgan fingerprint density at radius 2 is 1.69 bits per heavy atom. The van der Waals surface area contributed by atoms with Crippen molar-refractivity contribution in [2.24, 2.45) is 5.92 Å². The van der Waals surface area contributed by atoms with Crippen molar-refractivity contribution in [2.75, 3.05) is 13.2 Å². The lowest BCUT2D eigenvalue weighted by molar-refractivity contribution is -0.223. The molecule has 0 heterocycles. The normalized spacial score (nSPS) is 20.2. The van der Waals surface area contributed by atoms with Gasteiger partial charge < -0.3 is 14.2 Å². The minimum absolute atomic E-state index is 0.118. The fourth-order valence-corrected chi connectivity index (χ4v) is 2.84. The van der Waals surface area contributed by atoms with Gasteiger partial charge in [-0.3, -0.25) is 0 Å². The molecule has 0 amide bonds. The maximum Gasteiger partial charge on any atom is 0.422 e. The molecule has 0 atom stereocenters. The molecule has 2 rings (SSSR count). The highest BCUT2D eigenvalue weighted by Gasteiger charge is 2.36. The van der Waals surface area contributed by atoms with E-state index >= 15 is 0 Å². The van der Waals surface area contributed by atoms with Crippen LogP contribution in [0.3, 0.4) is 0 Å². The summed E-state index contributed by atoms with van der Waals surface area (Å²) in [5.74, 6) is 2.07. The van der Waals surface area contributed by atoms with Crippen molar-refractivity contribution in [2.45, 2.75) is 51.7 Å². The summed E-state index contributed by atoms with van der Waals surface area (Å²) in [6.45, 7) is 2.45. The summed E-state index contributed by atoms with van der Waals surface area (Å²) in [6.07, 6.45) is -1.27. The minimum Gasteiger partial charge on any atom is -0.491 e. The first-order chi connectivity index (χ1) is 12.4. The molecule has 0 bridgehead atoms. The Morgan fingerprint density at radius 1 is 1.08 bits per heavy atom. The van der Waals surface area contributed by atoms with E-state index < -0.39 is 30.1 Å². The van der Waals surface area contributed by atoms with E-state index in [1.54, 1.807) is 13.8 Å². The molecular weight excluding hydrogens is 352 g/mol. The van der Waals surface area contributed by atoms with Crippen LogP contribution in [0, 0.1) is 29.4 Å². The number of hydrogen-bond acceptors (Lipinski definition) is 3. The van der Waals surface area contributed by atoms with Crippen molar-refractivity contribution < 1.29 is 31.8 Å². The van der Waals surface area contributed by atoms with Crippen LogP contribution < -0.4 is 9.47 Å². The zero-order valence-electron chi connectivity index (χ0n) is 14.8. The number of ether oxygens (including phenoxy) is 3. The summed E-state index contributed by atoms with van der Waals surface area (Å²) in [6, 6.07) is 1.95. The Labute approximate surface area is 150 Å². The van der Waals surface area contributed by atoms with Crippen molar-refractivity contribution in [1.29, 1.82) is 0 Å². The van der Waals surface area contributed by atoms with Crippen molar-refractivity contribution >= 4 is 0 Å². The van der Waals surface area contributed by atoms with Crippen molar-refractivity contribution in [3.05, 3.63) is 23.8 Å². The molecule has 1 saturated carbocycles. The molecule has 1 aliphatic rings. The second-order valence-electron chi connectivity index (χ2n) is 6.04. The Bertz CT molecular complexity index is 659. The smallest absolute Gasteiger partial charge is 0.422 e. The summed E-state index contributed by atoms with van der Waals surface area (Å²) < 4.78 is 69.9. The van der Waals surface area contributed by atoms with E-state index in [1.807, 2.05) is 0 Å². The Morgan fingerprint density at radius 3 is 2.31 bits per heavy atom. The van der Waals surface area contributed by atoms with Gasteiger partial charge in [0.15, 0.2) is 18.1 Å². The molecular formula is C19H22F4O3. The minimum atomic E-state index is -3.78. The second-order valence-corrected chi connectivity index (χ2v) is 6.04. The third kappa shape index (κ3) is 5.53. The van der Waals surface area contributed by atoms with Crippen LogP contribution in [-0.2, 0) is 4.74 Å². The molecule has 0 spiro atoms. The van der Waals surface area contributed by atoms with E-state index in [9.17, 15) is 17.6 Å². The van der Waals surface area contributed by atoms with E-state index in [1.165, 1.54) is 0 Å². The quantitative estimate of drug-likeness (QED) is 0.500. The molecule has 0 N–H and O–H groups in total. The van der Waals surface area contributed by atoms with Crippen molar-refractivity contribution in [3.8, 4) is 23.3 Å². The van der Waals surface area contributed by atoms with Crippen molar-refractivity contribution in [1.82, 2.24) is 0 Å². The molecule has 26 heavy (non-hydrogen) atoms.